The Kier molecular flexibility index (Phi) is 5.77. The SMILES string of the molecule is CCOC(=O)Nc1nc(-c2ccccc2)c(NC(=O)c2cccc(F)c2)s1. The number of hydrogen-bond donors (Lipinski definition) is 2. The van der Waals surface area contributed by atoms with Crippen LogP contribution in [0.4, 0.5) is 19.3 Å². The van der Waals surface area contributed by atoms with Crippen LogP contribution in [0.1, 0.15) is 17.3 Å². The van der Waals surface area contributed by atoms with Crippen molar-refractivity contribution in [3.8, 4) is 11.3 Å². The maximum absolute atomic E-state index is 13.4. The zero-order chi connectivity index (χ0) is 19.2. The molecule has 138 valence electrons. The van der Waals surface area contributed by atoms with Crippen molar-refractivity contribution in [1.29, 1.82) is 0 Å². The molecule has 1 heterocycles. The van der Waals surface area contributed by atoms with E-state index in [4.69, 9.17) is 4.74 Å². The van der Waals surface area contributed by atoms with E-state index in [0.717, 1.165) is 23.0 Å². The van der Waals surface area contributed by atoms with E-state index in [1.54, 1.807) is 6.92 Å². The number of thiazole rings is 1. The minimum atomic E-state index is -0.631. The lowest BCUT2D eigenvalue weighted by Crippen LogP contribution is -2.12. The van der Waals surface area contributed by atoms with Crippen molar-refractivity contribution in [2.24, 2.45) is 0 Å². The van der Waals surface area contributed by atoms with Crippen LogP contribution in [0.25, 0.3) is 11.3 Å². The molecule has 0 aliphatic heterocycles. The first-order valence-corrected chi connectivity index (χ1v) is 8.95. The summed E-state index contributed by atoms with van der Waals surface area (Å²) in [5, 5.41) is 5.98. The average molecular weight is 385 g/mol. The number of halogens is 1. The molecule has 0 saturated heterocycles. The number of aromatic nitrogens is 1. The minimum Gasteiger partial charge on any atom is -0.450 e. The van der Waals surface area contributed by atoms with Gasteiger partial charge in [-0.25, -0.2) is 14.2 Å². The van der Waals surface area contributed by atoms with Crippen LogP contribution in [0.15, 0.2) is 54.6 Å². The summed E-state index contributed by atoms with van der Waals surface area (Å²) in [5.74, 6) is -0.974. The molecule has 0 aliphatic carbocycles. The number of anilines is 2. The summed E-state index contributed by atoms with van der Waals surface area (Å²) >= 11 is 1.09. The number of carbonyl (C=O) groups excluding carboxylic acids is 2. The summed E-state index contributed by atoms with van der Waals surface area (Å²) in [4.78, 5) is 28.5. The number of hydrogen-bond acceptors (Lipinski definition) is 5. The highest BCUT2D eigenvalue weighted by Gasteiger charge is 2.18. The molecule has 0 aliphatic rings. The minimum absolute atomic E-state index is 0.183. The highest BCUT2D eigenvalue weighted by atomic mass is 32.1. The Morgan fingerprint density at radius 3 is 2.59 bits per heavy atom. The first-order chi connectivity index (χ1) is 13.1. The fraction of sp³-hybridized carbons (Fsp3) is 0.105. The first kappa shape index (κ1) is 18.5. The largest absolute Gasteiger partial charge is 0.450 e. The number of amides is 2. The van der Waals surface area contributed by atoms with E-state index < -0.39 is 17.8 Å². The summed E-state index contributed by atoms with van der Waals surface area (Å²) in [7, 11) is 0. The van der Waals surface area contributed by atoms with Gasteiger partial charge in [0, 0.05) is 11.1 Å². The molecule has 0 unspecified atom stereocenters. The molecule has 8 heteroatoms. The van der Waals surface area contributed by atoms with Crippen molar-refractivity contribution < 1.29 is 18.7 Å². The maximum atomic E-state index is 13.4. The van der Waals surface area contributed by atoms with Crippen LogP contribution in [-0.4, -0.2) is 23.6 Å². The van der Waals surface area contributed by atoms with Gasteiger partial charge in [-0.1, -0.05) is 47.7 Å². The van der Waals surface area contributed by atoms with Gasteiger partial charge in [0.25, 0.3) is 5.91 Å². The Balaban J connectivity index is 1.91. The second kappa shape index (κ2) is 8.41. The van der Waals surface area contributed by atoms with Crippen LogP contribution in [0.5, 0.6) is 0 Å². The summed E-state index contributed by atoms with van der Waals surface area (Å²) in [5.41, 5.74) is 1.44. The van der Waals surface area contributed by atoms with Gasteiger partial charge in [0.05, 0.1) is 6.61 Å². The summed E-state index contributed by atoms with van der Waals surface area (Å²) in [6, 6.07) is 14.6. The van der Waals surface area contributed by atoms with Crippen molar-refractivity contribution >= 4 is 33.5 Å². The van der Waals surface area contributed by atoms with Gasteiger partial charge in [-0.15, -0.1) is 0 Å². The third kappa shape index (κ3) is 4.68. The molecule has 0 saturated carbocycles. The topological polar surface area (TPSA) is 80.3 Å². The van der Waals surface area contributed by atoms with Gasteiger partial charge in [0.1, 0.15) is 16.5 Å². The predicted molar refractivity (Wildman–Crippen MR) is 103 cm³/mol. The van der Waals surface area contributed by atoms with Gasteiger partial charge in [-0.05, 0) is 25.1 Å². The molecule has 3 rings (SSSR count). The number of benzene rings is 2. The lowest BCUT2D eigenvalue weighted by Gasteiger charge is -2.05. The van der Waals surface area contributed by atoms with Crippen molar-refractivity contribution in [3.63, 3.8) is 0 Å². The van der Waals surface area contributed by atoms with E-state index in [-0.39, 0.29) is 17.3 Å². The van der Waals surface area contributed by atoms with E-state index in [1.807, 2.05) is 30.3 Å². The molecule has 0 bridgehead atoms. The van der Waals surface area contributed by atoms with Crippen LogP contribution in [-0.2, 0) is 4.74 Å². The molecule has 27 heavy (non-hydrogen) atoms. The van der Waals surface area contributed by atoms with E-state index in [0.29, 0.717) is 10.7 Å². The Morgan fingerprint density at radius 1 is 1.11 bits per heavy atom. The van der Waals surface area contributed by atoms with Gasteiger partial charge in [-0.3, -0.25) is 10.1 Å². The van der Waals surface area contributed by atoms with E-state index in [1.165, 1.54) is 18.2 Å². The first-order valence-electron chi connectivity index (χ1n) is 8.13. The maximum Gasteiger partial charge on any atom is 0.413 e. The van der Waals surface area contributed by atoms with Crippen LogP contribution in [0.2, 0.25) is 0 Å². The number of carbonyl (C=O) groups is 2. The zero-order valence-corrected chi connectivity index (χ0v) is 15.2. The number of nitrogens with one attached hydrogen (secondary N) is 2. The predicted octanol–water partition coefficient (Wildman–Crippen LogP) is 4.77. The van der Waals surface area contributed by atoms with Crippen LogP contribution in [0, 0.1) is 5.82 Å². The number of nitrogens with zero attached hydrogens (tertiary/aromatic N) is 1. The number of rotatable bonds is 5. The molecule has 2 N–H and O–H groups in total. The molecule has 2 amide bonds. The van der Waals surface area contributed by atoms with Crippen molar-refractivity contribution in [2.75, 3.05) is 17.2 Å². The summed E-state index contributed by atoms with van der Waals surface area (Å²) < 4.78 is 18.2. The molecule has 6 nitrogen and oxygen atoms in total. The van der Waals surface area contributed by atoms with Crippen LogP contribution < -0.4 is 10.6 Å². The molecule has 3 aromatic rings. The second-order valence-electron chi connectivity index (χ2n) is 5.37. The molecule has 0 fully saturated rings. The van der Waals surface area contributed by atoms with Gasteiger partial charge in [0.2, 0.25) is 0 Å². The van der Waals surface area contributed by atoms with E-state index in [9.17, 15) is 14.0 Å². The van der Waals surface area contributed by atoms with Crippen LogP contribution in [0.3, 0.4) is 0 Å². The normalized spacial score (nSPS) is 10.3. The van der Waals surface area contributed by atoms with Gasteiger partial charge < -0.3 is 10.1 Å². The van der Waals surface area contributed by atoms with Crippen molar-refractivity contribution in [3.05, 3.63) is 66.0 Å². The summed E-state index contributed by atoms with van der Waals surface area (Å²) in [6.45, 7) is 1.92. The standard InChI is InChI=1S/C19H16FN3O3S/c1-2-26-19(25)23-18-21-15(12-7-4-3-5-8-12)17(27-18)22-16(24)13-9-6-10-14(20)11-13/h3-11H,2H2,1H3,(H,22,24)(H,21,23,25). The van der Waals surface area contributed by atoms with Gasteiger partial charge >= 0.3 is 6.09 Å². The fourth-order valence-corrected chi connectivity index (χ4v) is 3.18. The highest BCUT2D eigenvalue weighted by Crippen LogP contribution is 2.36. The van der Waals surface area contributed by atoms with Gasteiger partial charge in [-0.2, -0.15) is 0 Å². The molecule has 1 aromatic heterocycles. The number of ether oxygens (including phenoxy) is 1. The van der Waals surface area contributed by atoms with Gasteiger partial charge in [0.15, 0.2) is 5.13 Å². The van der Waals surface area contributed by atoms with E-state index in [2.05, 4.69) is 15.6 Å². The molecule has 0 atom stereocenters. The van der Waals surface area contributed by atoms with Crippen molar-refractivity contribution in [1.82, 2.24) is 4.98 Å². The lowest BCUT2D eigenvalue weighted by atomic mass is 10.1. The third-order valence-corrected chi connectivity index (χ3v) is 4.36. The monoisotopic (exact) mass is 385 g/mol. The van der Waals surface area contributed by atoms with Crippen molar-refractivity contribution in [2.45, 2.75) is 6.92 Å². The molecule has 2 aromatic carbocycles. The quantitative estimate of drug-likeness (QED) is 0.663. The summed E-state index contributed by atoms with van der Waals surface area (Å²) in [6.07, 6.45) is -0.631. The highest BCUT2D eigenvalue weighted by molar-refractivity contribution is 7.20. The smallest absolute Gasteiger partial charge is 0.413 e. The Morgan fingerprint density at radius 2 is 1.89 bits per heavy atom. The second-order valence-corrected chi connectivity index (χ2v) is 6.37. The molecule has 0 radical (unpaired) electrons. The zero-order valence-electron chi connectivity index (χ0n) is 14.4. The molecular weight excluding hydrogens is 369 g/mol. The molecule has 0 spiro atoms. The van der Waals surface area contributed by atoms with E-state index >= 15 is 0 Å². The Bertz CT molecular complexity index is 960. The Hall–Kier alpha value is -3.26. The lowest BCUT2D eigenvalue weighted by molar-refractivity contribution is 0.102. The Labute approximate surface area is 159 Å². The fourth-order valence-electron chi connectivity index (χ4n) is 2.31. The molecular formula is C19H16FN3O3S. The third-order valence-electron chi connectivity index (χ3n) is 3.47. The average Bonchev–Trinajstić information content (AvgIpc) is 3.04. The van der Waals surface area contributed by atoms with Crippen LogP contribution >= 0.6 is 11.3 Å².